The van der Waals surface area contributed by atoms with Crippen molar-refractivity contribution in [1.82, 2.24) is 0 Å². The minimum atomic E-state index is -1.06. The van der Waals surface area contributed by atoms with Crippen LogP contribution in [0, 0.1) is 0 Å². The molecule has 1 saturated carbocycles. The van der Waals surface area contributed by atoms with Gasteiger partial charge in [-0.3, -0.25) is 0 Å². The van der Waals surface area contributed by atoms with Gasteiger partial charge < -0.3 is 26.8 Å². The average molecular weight is 164 g/mol. The molecule has 0 amide bonds. The van der Waals surface area contributed by atoms with Crippen LogP contribution in [0.1, 0.15) is 6.42 Å². The third kappa shape index (κ3) is 1.52. The highest BCUT2D eigenvalue weighted by Crippen LogP contribution is 2.15. The Bertz CT molecular complexity index is 130. The van der Waals surface area contributed by atoms with Crippen molar-refractivity contribution in [3.63, 3.8) is 0 Å². The highest BCUT2D eigenvalue weighted by atomic mass is 16.4. The van der Waals surface area contributed by atoms with Crippen LogP contribution < -0.4 is 11.5 Å². The summed E-state index contributed by atoms with van der Waals surface area (Å²) in [6, 6.07) is -0.364. The van der Waals surface area contributed by atoms with Crippen LogP contribution >= 0.6 is 0 Å². The molecule has 1 aliphatic rings. The molecule has 5 nitrogen and oxygen atoms in total. The number of aliphatic hydroxyl groups excluding tert-OH is 3. The second kappa shape index (κ2) is 3.04. The van der Waals surface area contributed by atoms with E-state index in [9.17, 15) is 5.11 Å². The van der Waals surface area contributed by atoms with Crippen LogP contribution in [-0.2, 0) is 0 Å². The first-order valence-corrected chi connectivity index (χ1v) is 3.74. The van der Waals surface area contributed by atoms with Gasteiger partial charge in [0.05, 0.1) is 6.10 Å². The smallest absolute Gasteiger partial charge is 0.165 e. The zero-order chi connectivity index (χ0) is 8.59. The van der Waals surface area contributed by atoms with E-state index in [1.165, 1.54) is 0 Å². The first-order valence-electron chi connectivity index (χ1n) is 3.74. The van der Waals surface area contributed by atoms with Crippen molar-refractivity contribution in [2.24, 2.45) is 0 Å². The minimum Gasteiger partial charge on any atom is -0.390 e. The van der Waals surface area contributed by atoms with E-state index in [-0.39, 0.29) is 12.1 Å². The van der Waals surface area contributed by atoms with Gasteiger partial charge in [0.15, 0.2) is 6.04 Å². The van der Waals surface area contributed by atoms with Crippen molar-refractivity contribution in [3.05, 3.63) is 0 Å². The van der Waals surface area contributed by atoms with E-state index < -0.39 is 18.3 Å². The van der Waals surface area contributed by atoms with Gasteiger partial charge in [-0.05, 0) is 0 Å². The van der Waals surface area contributed by atoms with Gasteiger partial charge >= 0.3 is 0 Å². The lowest BCUT2D eigenvalue weighted by Gasteiger charge is -2.32. The summed E-state index contributed by atoms with van der Waals surface area (Å²) >= 11 is 0. The predicted molar refractivity (Wildman–Crippen MR) is 36.0 cm³/mol. The van der Waals surface area contributed by atoms with Crippen LogP contribution in [0.4, 0.5) is 0 Å². The van der Waals surface area contributed by atoms with E-state index in [1.807, 2.05) is 0 Å². The second-order valence-corrected chi connectivity index (χ2v) is 3.21. The molecule has 5 heteroatoms. The highest BCUT2D eigenvalue weighted by Gasteiger charge is 2.43. The molecule has 5 atom stereocenters. The number of rotatable bonds is 0. The normalized spacial score (nSPS) is 52.6. The van der Waals surface area contributed by atoms with Crippen molar-refractivity contribution >= 4 is 0 Å². The number of hydrogen-bond acceptors (Lipinski definition) is 3. The van der Waals surface area contributed by atoms with Gasteiger partial charge in [-0.1, -0.05) is 0 Å². The van der Waals surface area contributed by atoms with Crippen LogP contribution in [0.15, 0.2) is 0 Å². The molecule has 1 rings (SSSR count). The van der Waals surface area contributed by atoms with Crippen LogP contribution in [0.25, 0.3) is 0 Å². The van der Waals surface area contributed by atoms with Crippen molar-refractivity contribution in [1.29, 1.82) is 0 Å². The van der Waals surface area contributed by atoms with E-state index in [2.05, 4.69) is 11.5 Å². The molecule has 0 aromatic heterocycles. The molecule has 0 heterocycles. The first kappa shape index (κ1) is 8.89. The number of quaternary nitrogens is 2. The van der Waals surface area contributed by atoms with Crippen molar-refractivity contribution < 1.29 is 26.8 Å². The molecule has 1 fully saturated rings. The molecular weight excluding hydrogens is 148 g/mol. The fourth-order valence-electron chi connectivity index (χ4n) is 1.38. The Labute approximate surface area is 64.6 Å². The molecule has 0 bridgehead atoms. The molecule has 9 N–H and O–H groups in total. The van der Waals surface area contributed by atoms with E-state index >= 15 is 0 Å². The molecule has 0 radical (unpaired) electrons. The Balaban J connectivity index is 2.63. The van der Waals surface area contributed by atoms with Crippen LogP contribution in [0.3, 0.4) is 0 Å². The van der Waals surface area contributed by atoms with Crippen molar-refractivity contribution in [2.45, 2.75) is 36.8 Å². The maximum absolute atomic E-state index is 9.27. The van der Waals surface area contributed by atoms with Gasteiger partial charge in [0.1, 0.15) is 18.2 Å². The van der Waals surface area contributed by atoms with Crippen LogP contribution in [0.2, 0.25) is 0 Å². The Kier molecular flexibility index (Phi) is 2.46. The zero-order valence-electron chi connectivity index (χ0n) is 6.35. The van der Waals surface area contributed by atoms with Gasteiger partial charge in [-0.25, -0.2) is 0 Å². The summed E-state index contributed by atoms with van der Waals surface area (Å²) in [7, 11) is 0. The Hall–Kier alpha value is -0.200. The van der Waals surface area contributed by atoms with E-state index in [0.717, 1.165) is 0 Å². The summed E-state index contributed by atoms with van der Waals surface area (Å²) in [5, 5.41) is 27.6. The zero-order valence-corrected chi connectivity index (χ0v) is 6.35. The Morgan fingerprint density at radius 2 is 1.55 bits per heavy atom. The SMILES string of the molecule is [NH3+][C@H]1[C@H](O)[C@H](O)[C@@H](O)C[C@@H]1[NH3+]. The largest absolute Gasteiger partial charge is 0.390 e. The molecule has 0 unspecified atom stereocenters. The third-order valence-electron chi connectivity index (χ3n) is 2.33. The van der Waals surface area contributed by atoms with Gasteiger partial charge in [0.25, 0.3) is 0 Å². The lowest BCUT2D eigenvalue weighted by molar-refractivity contribution is -0.551. The quantitative estimate of drug-likeness (QED) is 0.249. The summed E-state index contributed by atoms with van der Waals surface area (Å²) in [5.41, 5.74) is 7.38. The second-order valence-electron chi connectivity index (χ2n) is 3.21. The van der Waals surface area contributed by atoms with E-state index in [0.29, 0.717) is 6.42 Å². The maximum Gasteiger partial charge on any atom is 0.165 e. The summed E-state index contributed by atoms with van der Waals surface area (Å²) in [5.74, 6) is 0. The molecule has 0 spiro atoms. The summed E-state index contributed by atoms with van der Waals surface area (Å²) < 4.78 is 0. The molecule has 0 aliphatic heterocycles. The molecule has 0 aromatic carbocycles. The first-order chi connectivity index (χ1) is 5.04. The van der Waals surface area contributed by atoms with Crippen molar-refractivity contribution in [2.75, 3.05) is 0 Å². The lowest BCUT2D eigenvalue weighted by atomic mass is 9.85. The standard InChI is InChI=1S/C6H14N2O3/c7-2-1-3(9)5(10)6(11)4(2)8/h2-6,9-11H,1,7-8H2/p+2/t2-,3-,4+,5+,6-/m0/s1. The Morgan fingerprint density at radius 1 is 1.00 bits per heavy atom. The molecule has 0 aromatic rings. The maximum atomic E-state index is 9.27. The van der Waals surface area contributed by atoms with Gasteiger partial charge in [0.2, 0.25) is 0 Å². The van der Waals surface area contributed by atoms with E-state index in [4.69, 9.17) is 10.2 Å². The molecule has 0 saturated heterocycles. The minimum absolute atomic E-state index is 0.0802. The fraction of sp³-hybridized carbons (Fsp3) is 1.00. The summed E-state index contributed by atoms with van der Waals surface area (Å²) in [4.78, 5) is 0. The number of aliphatic hydroxyl groups is 3. The van der Waals surface area contributed by atoms with Crippen LogP contribution in [-0.4, -0.2) is 45.7 Å². The van der Waals surface area contributed by atoms with Gasteiger partial charge in [-0.15, -0.1) is 0 Å². The van der Waals surface area contributed by atoms with Crippen LogP contribution in [0.5, 0.6) is 0 Å². The molecular formula is C6H16N2O3+2. The van der Waals surface area contributed by atoms with Gasteiger partial charge in [0, 0.05) is 6.42 Å². The molecule has 1 aliphatic carbocycles. The fourth-order valence-corrected chi connectivity index (χ4v) is 1.38. The third-order valence-corrected chi connectivity index (χ3v) is 2.33. The average Bonchev–Trinajstić information content (AvgIpc) is 1.97. The predicted octanol–water partition coefficient (Wildman–Crippen LogP) is -4.31. The molecule has 11 heavy (non-hydrogen) atoms. The van der Waals surface area contributed by atoms with Crippen molar-refractivity contribution in [3.8, 4) is 0 Å². The lowest BCUT2D eigenvalue weighted by Crippen LogP contribution is -2.86. The number of hydrogen-bond donors (Lipinski definition) is 5. The topological polar surface area (TPSA) is 116 Å². The van der Waals surface area contributed by atoms with Gasteiger partial charge in [-0.2, -0.15) is 0 Å². The van der Waals surface area contributed by atoms with E-state index in [1.54, 1.807) is 0 Å². The molecule has 66 valence electrons. The Morgan fingerprint density at radius 3 is 2.09 bits per heavy atom. The highest BCUT2D eigenvalue weighted by molar-refractivity contribution is 4.90. The summed E-state index contributed by atoms with van der Waals surface area (Å²) in [6.45, 7) is 0. The summed E-state index contributed by atoms with van der Waals surface area (Å²) in [6.07, 6.45) is -2.45. The monoisotopic (exact) mass is 164 g/mol.